The van der Waals surface area contributed by atoms with Gasteiger partial charge in [0.25, 0.3) is 0 Å². The lowest BCUT2D eigenvalue weighted by molar-refractivity contribution is -0.166. The topological polar surface area (TPSA) is 71.1 Å². The van der Waals surface area contributed by atoms with Crippen LogP contribution in [0, 0.1) is 11.3 Å². The number of rotatable bonds is 8. The van der Waals surface area contributed by atoms with Gasteiger partial charge in [0.05, 0.1) is 45.4 Å². The maximum Gasteiger partial charge on any atom is 0.312 e. The first-order chi connectivity index (χ1) is 13.0. The van der Waals surface area contributed by atoms with Crippen molar-refractivity contribution in [2.24, 2.45) is 11.3 Å². The van der Waals surface area contributed by atoms with Gasteiger partial charge in [-0.25, -0.2) is 0 Å². The second-order valence-corrected chi connectivity index (χ2v) is 6.91. The summed E-state index contributed by atoms with van der Waals surface area (Å²) in [4.78, 5) is 24.7. The van der Waals surface area contributed by atoms with E-state index in [1.807, 2.05) is 24.3 Å². The second kappa shape index (κ2) is 9.55. The van der Waals surface area contributed by atoms with E-state index in [2.05, 4.69) is 6.58 Å². The normalized spacial score (nSPS) is 24.7. The third-order valence-corrected chi connectivity index (χ3v) is 5.14. The summed E-state index contributed by atoms with van der Waals surface area (Å²) < 4.78 is 21.2. The van der Waals surface area contributed by atoms with Crippen molar-refractivity contribution in [3.8, 4) is 5.75 Å². The predicted octanol–water partition coefficient (Wildman–Crippen LogP) is 3.29. The molecule has 0 amide bonds. The number of benzene rings is 1. The van der Waals surface area contributed by atoms with Crippen molar-refractivity contribution in [1.29, 1.82) is 0 Å². The van der Waals surface area contributed by atoms with E-state index in [1.165, 1.54) is 14.2 Å². The average molecular weight is 376 g/mol. The van der Waals surface area contributed by atoms with E-state index in [1.54, 1.807) is 13.2 Å². The summed E-state index contributed by atoms with van der Waals surface area (Å²) in [5.41, 5.74) is 0.168. The minimum absolute atomic E-state index is 0.260. The third-order valence-electron chi connectivity index (χ3n) is 5.14. The van der Waals surface area contributed by atoms with E-state index in [0.717, 1.165) is 11.3 Å². The molecule has 6 nitrogen and oxygen atoms in total. The Bertz CT molecular complexity index is 653. The molecule has 0 bridgehead atoms. The van der Waals surface area contributed by atoms with Crippen molar-refractivity contribution in [3.63, 3.8) is 0 Å². The molecule has 2 rings (SSSR count). The molecule has 6 heteroatoms. The fraction of sp³-hybridized carbons (Fsp3) is 0.524. The van der Waals surface area contributed by atoms with Crippen molar-refractivity contribution in [2.45, 2.75) is 38.4 Å². The number of methoxy groups -OCH3 is 3. The fourth-order valence-electron chi connectivity index (χ4n) is 3.79. The zero-order chi connectivity index (χ0) is 19.9. The molecule has 1 aromatic carbocycles. The van der Waals surface area contributed by atoms with Crippen LogP contribution in [0.15, 0.2) is 36.9 Å². The molecule has 0 spiro atoms. The fourth-order valence-corrected chi connectivity index (χ4v) is 3.79. The summed E-state index contributed by atoms with van der Waals surface area (Å²) >= 11 is 0. The Morgan fingerprint density at radius 1 is 1.15 bits per heavy atom. The number of hydrogen-bond donors (Lipinski definition) is 0. The lowest BCUT2D eigenvalue weighted by Gasteiger charge is -2.41. The van der Waals surface area contributed by atoms with Gasteiger partial charge in [-0.3, -0.25) is 9.59 Å². The lowest BCUT2D eigenvalue weighted by Crippen LogP contribution is -2.45. The molecule has 1 fully saturated rings. The molecule has 1 aliphatic rings. The molecule has 3 unspecified atom stereocenters. The SMILES string of the molecule is C=CCC1(C(=O)OC)CC(OCc2ccc(OC)cc2)CC(C(=O)OC)C1. The highest BCUT2D eigenvalue weighted by Crippen LogP contribution is 2.45. The van der Waals surface area contributed by atoms with Gasteiger partial charge in [0.15, 0.2) is 0 Å². The summed E-state index contributed by atoms with van der Waals surface area (Å²) in [6.07, 6.45) is 3.23. The number of esters is 2. The molecular weight excluding hydrogens is 348 g/mol. The minimum atomic E-state index is -0.821. The number of carbonyl (C=O) groups is 2. The number of allylic oxidation sites excluding steroid dienone is 1. The number of ether oxygens (including phenoxy) is 4. The van der Waals surface area contributed by atoms with Crippen molar-refractivity contribution in [3.05, 3.63) is 42.5 Å². The third kappa shape index (κ3) is 5.10. The highest BCUT2D eigenvalue weighted by atomic mass is 16.5. The van der Waals surface area contributed by atoms with E-state index >= 15 is 0 Å². The lowest BCUT2D eigenvalue weighted by atomic mass is 9.66. The minimum Gasteiger partial charge on any atom is -0.497 e. The monoisotopic (exact) mass is 376 g/mol. The van der Waals surface area contributed by atoms with Gasteiger partial charge in [-0.05, 0) is 43.4 Å². The van der Waals surface area contributed by atoms with Crippen LogP contribution in [0.25, 0.3) is 0 Å². The van der Waals surface area contributed by atoms with Crippen LogP contribution in [0.5, 0.6) is 5.75 Å². The standard InChI is InChI=1S/C21H28O6/c1-5-10-21(20(23)26-4)12-16(19(22)25-3)11-18(13-21)27-14-15-6-8-17(24-2)9-7-15/h5-9,16,18H,1,10-14H2,2-4H3. The zero-order valence-corrected chi connectivity index (χ0v) is 16.2. The highest BCUT2D eigenvalue weighted by Gasteiger charge is 2.48. The Labute approximate surface area is 160 Å². The maximum atomic E-state index is 12.5. The zero-order valence-electron chi connectivity index (χ0n) is 16.2. The molecule has 0 aromatic heterocycles. The number of hydrogen-bond acceptors (Lipinski definition) is 6. The van der Waals surface area contributed by atoms with Gasteiger partial charge in [-0.15, -0.1) is 6.58 Å². The Balaban J connectivity index is 2.16. The summed E-state index contributed by atoms with van der Waals surface area (Å²) in [5, 5.41) is 0. The van der Waals surface area contributed by atoms with Crippen LogP contribution in [0.1, 0.15) is 31.2 Å². The second-order valence-electron chi connectivity index (χ2n) is 6.91. The molecule has 3 atom stereocenters. The summed E-state index contributed by atoms with van der Waals surface area (Å²) in [6.45, 7) is 4.15. The summed E-state index contributed by atoms with van der Waals surface area (Å²) in [5.74, 6) is -0.305. The van der Waals surface area contributed by atoms with E-state index < -0.39 is 11.3 Å². The van der Waals surface area contributed by atoms with E-state index in [4.69, 9.17) is 18.9 Å². The summed E-state index contributed by atoms with van der Waals surface area (Å²) in [6, 6.07) is 7.59. The van der Waals surface area contributed by atoms with Gasteiger partial charge in [0.2, 0.25) is 0 Å². The molecule has 1 aliphatic carbocycles. The first kappa shape index (κ1) is 21.0. The largest absolute Gasteiger partial charge is 0.497 e. The molecular formula is C21H28O6. The van der Waals surface area contributed by atoms with Gasteiger partial charge in [-0.2, -0.15) is 0 Å². The molecule has 1 aromatic rings. The number of carbonyl (C=O) groups excluding carboxylic acids is 2. The molecule has 0 saturated heterocycles. The van der Waals surface area contributed by atoms with Crippen molar-refractivity contribution >= 4 is 11.9 Å². The van der Waals surface area contributed by atoms with Crippen molar-refractivity contribution in [2.75, 3.05) is 21.3 Å². The Kier molecular flexibility index (Phi) is 7.42. The molecule has 0 aliphatic heterocycles. The quantitative estimate of drug-likeness (QED) is 0.512. The summed E-state index contributed by atoms with van der Waals surface area (Å²) in [7, 11) is 4.34. The predicted molar refractivity (Wildman–Crippen MR) is 100 cm³/mol. The van der Waals surface area contributed by atoms with Crippen molar-refractivity contribution in [1.82, 2.24) is 0 Å². The Morgan fingerprint density at radius 2 is 1.85 bits per heavy atom. The van der Waals surface area contributed by atoms with Crippen LogP contribution in [0.4, 0.5) is 0 Å². The van der Waals surface area contributed by atoms with Crippen LogP contribution in [-0.4, -0.2) is 39.4 Å². The Hall–Kier alpha value is -2.34. The molecule has 1 saturated carbocycles. The maximum absolute atomic E-state index is 12.5. The van der Waals surface area contributed by atoms with Gasteiger partial charge in [0, 0.05) is 0 Å². The van der Waals surface area contributed by atoms with Crippen LogP contribution in [-0.2, 0) is 30.4 Å². The molecule has 0 N–H and O–H groups in total. The van der Waals surface area contributed by atoms with E-state index in [-0.39, 0.29) is 18.0 Å². The van der Waals surface area contributed by atoms with Gasteiger partial charge < -0.3 is 18.9 Å². The van der Waals surface area contributed by atoms with E-state index in [9.17, 15) is 9.59 Å². The molecule has 148 valence electrons. The first-order valence-electron chi connectivity index (χ1n) is 8.99. The molecule has 27 heavy (non-hydrogen) atoms. The smallest absolute Gasteiger partial charge is 0.312 e. The average Bonchev–Trinajstić information content (AvgIpc) is 2.71. The Morgan fingerprint density at radius 3 is 2.41 bits per heavy atom. The molecule has 0 heterocycles. The first-order valence-corrected chi connectivity index (χ1v) is 8.99. The van der Waals surface area contributed by atoms with Crippen LogP contribution >= 0.6 is 0 Å². The van der Waals surface area contributed by atoms with Gasteiger partial charge in [0.1, 0.15) is 5.75 Å². The van der Waals surface area contributed by atoms with Crippen LogP contribution in [0.2, 0.25) is 0 Å². The van der Waals surface area contributed by atoms with Crippen molar-refractivity contribution < 1.29 is 28.5 Å². The molecule has 0 radical (unpaired) electrons. The van der Waals surface area contributed by atoms with E-state index in [0.29, 0.717) is 32.3 Å². The van der Waals surface area contributed by atoms with Crippen LogP contribution in [0.3, 0.4) is 0 Å². The highest BCUT2D eigenvalue weighted by molar-refractivity contribution is 5.80. The van der Waals surface area contributed by atoms with Gasteiger partial charge in [-0.1, -0.05) is 18.2 Å². The van der Waals surface area contributed by atoms with Crippen LogP contribution < -0.4 is 4.74 Å². The van der Waals surface area contributed by atoms with Gasteiger partial charge >= 0.3 is 11.9 Å².